The lowest BCUT2D eigenvalue weighted by Crippen LogP contribution is -2.18. The predicted octanol–water partition coefficient (Wildman–Crippen LogP) is 7.56. The molecule has 2 aromatic heterocycles. The first-order chi connectivity index (χ1) is 17.2. The number of anilines is 2. The molecule has 36 heavy (non-hydrogen) atoms. The molecule has 0 aliphatic carbocycles. The fourth-order valence-corrected chi connectivity index (χ4v) is 4.22. The normalized spacial score (nSPS) is 11.7. The second-order valence-electron chi connectivity index (χ2n) is 9.71. The molecule has 6 nitrogen and oxygen atoms in total. The van der Waals surface area contributed by atoms with Crippen LogP contribution in [0.15, 0.2) is 81.8 Å². The van der Waals surface area contributed by atoms with Crippen LogP contribution in [0.3, 0.4) is 0 Å². The molecular formula is C29H25ClN2O4. The van der Waals surface area contributed by atoms with E-state index in [-0.39, 0.29) is 23.5 Å². The standard InChI is InChI=1S/C29H25ClN2O4/c1-29(2,3)18-8-13-23-22(15-18)17(16-35-23)14-25(33)32-26-21-6-4-5-7-24(21)36-27(26)28(34)31-20-11-9-19(30)10-12-20/h4-13,15-16H,14H2,1-3H3,(H,31,34)(H,32,33). The summed E-state index contributed by atoms with van der Waals surface area (Å²) in [6.07, 6.45) is 1.69. The van der Waals surface area contributed by atoms with Crippen LogP contribution >= 0.6 is 11.6 Å². The molecule has 2 amide bonds. The van der Waals surface area contributed by atoms with Gasteiger partial charge < -0.3 is 19.5 Å². The number of halogens is 1. The van der Waals surface area contributed by atoms with Crippen LogP contribution in [0.1, 0.15) is 42.5 Å². The maximum atomic E-state index is 13.2. The Kier molecular flexibility index (Phi) is 6.06. The second-order valence-corrected chi connectivity index (χ2v) is 10.1. The van der Waals surface area contributed by atoms with Crippen LogP contribution < -0.4 is 10.6 Å². The van der Waals surface area contributed by atoms with Gasteiger partial charge >= 0.3 is 0 Å². The number of hydrogen-bond acceptors (Lipinski definition) is 4. The van der Waals surface area contributed by atoms with Gasteiger partial charge in [-0.2, -0.15) is 0 Å². The van der Waals surface area contributed by atoms with Gasteiger partial charge in [0.2, 0.25) is 11.7 Å². The lowest BCUT2D eigenvalue weighted by molar-refractivity contribution is -0.115. The lowest BCUT2D eigenvalue weighted by Gasteiger charge is -2.18. The molecule has 0 spiro atoms. The van der Waals surface area contributed by atoms with E-state index in [0.717, 1.165) is 22.1 Å². The molecule has 0 atom stereocenters. The summed E-state index contributed by atoms with van der Waals surface area (Å²) in [7, 11) is 0. The molecule has 5 rings (SSSR count). The summed E-state index contributed by atoms with van der Waals surface area (Å²) in [5.41, 5.74) is 3.99. The molecule has 182 valence electrons. The molecule has 0 saturated carbocycles. The summed E-state index contributed by atoms with van der Waals surface area (Å²) in [5, 5.41) is 7.79. The Labute approximate surface area is 213 Å². The van der Waals surface area contributed by atoms with Crippen molar-refractivity contribution in [1.29, 1.82) is 0 Å². The van der Waals surface area contributed by atoms with E-state index in [2.05, 4.69) is 37.5 Å². The summed E-state index contributed by atoms with van der Waals surface area (Å²) in [6.45, 7) is 6.42. The maximum Gasteiger partial charge on any atom is 0.293 e. The zero-order chi connectivity index (χ0) is 25.4. The highest BCUT2D eigenvalue weighted by atomic mass is 35.5. The number of nitrogens with one attached hydrogen (secondary N) is 2. The molecule has 3 aromatic carbocycles. The zero-order valence-corrected chi connectivity index (χ0v) is 20.9. The van der Waals surface area contributed by atoms with Crippen molar-refractivity contribution in [1.82, 2.24) is 0 Å². The monoisotopic (exact) mass is 500 g/mol. The van der Waals surface area contributed by atoms with Crippen molar-refractivity contribution < 1.29 is 18.4 Å². The van der Waals surface area contributed by atoms with Crippen molar-refractivity contribution in [3.63, 3.8) is 0 Å². The van der Waals surface area contributed by atoms with Gasteiger partial charge in [-0.25, -0.2) is 0 Å². The Morgan fingerprint density at radius 1 is 0.889 bits per heavy atom. The average Bonchev–Trinajstić information content (AvgIpc) is 3.41. The molecule has 0 aliphatic heterocycles. The van der Waals surface area contributed by atoms with Crippen LogP contribution in [0.25, 0.3) is 21.9 Å². The van der Waals surface area contributed by atoms with Crippen molar-refractivity contribution in [3.05, 3.63) is 94.9 Å². The van der Waals surface area contributed by atoms with Crippen LogP contribution in [0.2, 0.25) is 5.02 Å². The van der Waals surface area contributed by atoms with Gasteiger partial charge in [-0.15, -0.1) is 0 Å². The predicted molar refractivity (Wildman–Crippen MR) is 143 cm³/mol. The Hall–Kier alpha value is -4.03. The largest absolute Gasteiger partial charge is 0.464 e. The van der Waals surface area contributed by atoms with Gasteiger partial charge in [0, 0.05) is 27.0 Å². The molecule has 0 radical (unpaired) electrons. The summed E-state index contributed by atoms with van der Waals surface area (Å²) >= 11 is 5.94. The third kappa shape index (κ3) is 4.72. The Morgan fingerprint density at radius 2 is 1.64 bits per heavy atom. The topological polar surface area (TPSA) is 84.5 Å². The molecule has 5 aromatic rings. The van der Waals surface area contributed by atoms with Gasteiger partial charge in [0.25, 0.3) is 5.91 Å². The third-order valence-electron chi connectivity index (χ3n) is 6.04. The number of furan rings is 2. The van der Waals surface area contributed by atoms with E-state index >= 15 is 0 Å². The number of fused-ring (bicyclic) bond motifs is 2. The minimum Gasteiger partial charge on any atom is -0.464 e. The third-order valence-corrected chi connectivity index (χ3v) is 6.29. The molecule has 0 saturated heterocycles. The number of carbonyl (C=O) groups excluding carboxylic acids is 2. The van der Waals surface area contributed by atoms with Crippen LogP contribution in [0.4, 0.5) is 11.4 Å². The summed E-state index contributed by atoms with van der Waals surface area (Å²) in [5.74, 6) is -0.745. The minimum absolute atomic E-state index is 0.0200. The van der Waals surface area contributed by atoms with Gasteiger partial charge in [0.05, 0.1) is 12.7 Å². The summed E-state index contributed by atoms with van der Waals surface area (Å²) < 4.78 is 11.5. The highest BCUT2D eigenvalue weighted by Crippen LogP contribution is 2.33. The first-order valence-electron chi connectivity index (χ1n) is 11.6. The highest BCUT2D eigenvalue weighted by molar-refractivity contribution is 6.30. The first-order valence-corrected chi connectivity index (χ1v) is 12.0. The quantitative estimate of drug-likeness (QED) is 0.260. The van der Waals surface area contributed by atoms with Crippen molar-refractivity contribution >= 4 is 56.7 Å². The number of benzene rings is 3. The fourth-order valence-electron chi connectivity index (χ4n) is 4.09. The van der Waals surface area contributed by atoms with E-state index in [4.69, 9.17) is 20.4 Å². The van der Waals surface area contributed by atoms with Crippen LogP contribution in [0.5, 0.6) is 0 Å². The number of rotatable bonds is 5. The van der Waals surface area contributed by atoms with Gasteiger partial charge in [0.15, 0.2) is 0 Å². The van der Waals surface area contributed by atoms with E-state index in [1.807, 2.05) is 24.3 Å². The average molecular weight is 501 g/mol. The summed E-state index contributed by atoms with van der Waals surface area (Å²) in [6, 6.07) is 20.0. The summed E-state index contributed by atoms with van der Waals surface area (Å²) in [4.78, 5) is 26.3. The Bertz CT molecular complexity index is 1590. The second kappa shape index (κ2) is 9.21. The maximum absolute atomic E-state index is 13.2. The van der Waals surface area contributed by atoms with Gasteiger partial charge in [-0.3, -0.25) is 9.59 Å². The van der Waals surface area contributed by atoms with Gasteiger partial charge in [-0.1, -0.05) is 50.6 Å². The molecule has 0 unspecified atom stereocenters. The van der Waals surface area contributed by atoms with E-state index in [1.165, 1.54) is 0 Å². The van der Waals surface area contributed by atoms with Crippen LogP contribution in [-0.4, -0.2) is 11.8 Å². The van der Waals surface area contributed by atoms with E-state index in [0.29, 0.717) is 27.4 Å². The van der Waals surface area contributed by atoms with E-state index < -0.39 is 5.91 Å². The molecule has 0 aliphatic rings. The Morgan fingerprint density at radius 3 is 2.39 bits per heavy atom. The molecule has 0 bridgehead atoms. The smallest absolute Gasteiger partial charge is 0.293 e. The molecular weight excluding hydrogens is 476 g/mol. The van der Waals surface area contributed by atoms with Gasteiger partial charge in [0.1, 0.15) is 16.9 Å². The first kappa shape index (κ1) is 23.7. The lowest BCUT2D eigenvalue weighted by atomic mass is 9.86. The van der Waals surface area contributed by atoms with Crippen LogP contribution in [0, 0.1) is 0 Å². The van der Waals surface area contributed by atoms with E-state index in [1.54, 1.807) is 42.7 Å². The molecule has 7 heteroatoms. The van der Waals surface area contributed by atoms with Crippen molar-refractivity contribution in [3.8, 4) is 0 Å². The van der Waals surface area contributed by atoms with Crippen molar-refractivity contribution in [2.45, 2.75) is 32.6 Å². The SMILES string of the molecule is CC(C)(C)c1ccc2occ(CC(=O)Nc3c(C(=O)Nc4ccc(Cl)cc4)oc4ccccc34)c2c1. The molecule has 0 fully saturated rings. The van der Waals surface area contributed by atoms with E-state index in [9.17, 15) is 9.59 Å². The molecule has 2 N–H and O–H groups in total. The van der Waals surface area contributed by atoms with Gasteiger partial charge in [-0.05, 0) is 59.5 Å². The number of amides is 2. The number of carbonyl (C=O) groups is 2. The number of para-hydroxylation sites is 1. The van der Waals surface area contributed by atoms with Crippen molar-refractivity contribution in [2.75, 3.05) is 10.6 Å². The van der Waals surface area contributed by atoms with Crippen LogP contribution in [-0.2, 0) is 16.6 Å². The molecule has 2 heterocycles. The highest BCUT2D eigenvalue weighted by Gasteiger charge is 2.23. The fraction of sp³-hybridized carbons (Fsp3) is 0.172. The minimum atomic E-state index is -0.479. The zero-order valence-electron chi connectivity index (χ0n) is 20.1. The number of hydrogen-bond donors (Lipinski definition) is 2. The Balaban J connectivity index is 1.43. The van der Waals surface area contributed by atoms with Crippen molar-refractivity contribution in [2.24, 2.45) is 0 Å².